The van der Waals surface area contributed by atoms with Crippen LogP contribution in [0.3, 0.4) is 0 Å². The molecule has 3 aliphatic heterocycles. The Kier molecular flexibility index (Phi) is 4.12. The van der Waals surface area contributed by atoms with Crippen LogP contribution in [0.15, 0.2) is 0 Å². The van der Waals surface area contributed by atoms with Crippen molar-refractivity contribution in [3.05, 3.63) is 0 Å². The number of nitrogens with zero attached hydrogens (tertiary/aromatic N) is 1. The van der Waals surface area contributed by atoms with Crippen LogP contribution in [0.25, 0.3) is 0 Å². The first kappa shape index (κ1) is 17.4. The first-order chi connectivity index (χ1) is 12.5. The average Bonchev–Trinajstić information content (AvgIpc) is 3.04. The SMILES string of the molecule is CN(CC1OCCO1)CC1C(=O)O[C@@H]2C[C@@]3(C)CCC[C@]4(CO4)[C@@H]3C[C@H]12. The van der Waals surface area contributed by atoms with Crippen LogP contribution >= 0.6 is 0 Å². The van der Waals surface area contributed by atoms with Gasteiger partial charge in [-0.3, -0.25) is 4.79 Å². The zero-order chi connectivity index (χ0) is 17.9. The van der Waals surface area contributed by atoms with Gasteiger partial charge in [0.25, 0.3) is 0 Å². The molecule has 0 aromatic rings. The van der Waals surface area contributed by atoms with E-state index in [1.807, 2.05) is 7.05 Å². The maximum Gasteiger partial charge on any atom is 0.310 e. The molecule has 1 unspecified atom stereocenters. The molecule has 0 bridgehead atoms. The minimum atomic E-state index is -0.163. The minimum absolute atomic E-state index is 0.00637. The highest BCUT2D eigenvalue weighted by Gasteiger charge is 2.65. The predicted molar refractivity (Wildman–Crippen MR) is 93.4 cm³/mol. The zero-order valence-electron chi connectivity index (χ0n) is 15.9. The number of ether oxygens (including phenoxy) is 4. The highest BCUT2D eigenvalue weighted by atomic mass is 16.7. The van der Waals surface area contributed by atoms with Crippen LogP contribution in [0, 0.1) is 23.2 Å². The molecule has 2 aliphatic carbocycles. The Morgan fingerprint density at radius 3 is 2.69 bits per heavy atom. The summed E-state index contributed by atoms with van der Waals surface area (Å²) >= 11 is 0. The van der Waals surface area contributed by atoms with Crippen molar-refractivity contribution in [1.29, 1.82) is 0 Å². The molecule has 0 amide bonds. The van der Waals surface area contributed by atoms with Crippen LogP contribution in [0.2, 0.25) is 0 Å². The summed E-state index contributed by atoms with van der Waals surface area (Å²) in [6, 6.07) is 0. The molecular formula is C20H31NO5. The van der Waals surface area contributed by atoms with Gasteiger partial charge in [-0.15, -0.1) is 0 Å². The summed E-state index contributed by atoms with van der Waals surface area (Å²) in [7, 11) is 2.05. The number of esters is 1. The standard InChI is InChI=1S/C20H31NO5/c1-19-4-3-5-20(12-25-20)16(19)8-13-14(18(22)26-15(13)9-19)10-21(2)11-17-23-6-7-24-17/h13-17H,3-12H2,1-2H3/t13-,14?,15-,16-,19-,20+/m1/s1. The molecule has 1 spiro atoms. The topological polar surface area (TPSA) is 60.5 Å². The fraction of sp³-hybridized carbons (Fsp3) is 0.950. The monoisotopic (exact) mass is 365 g/mol. The van der Waals surface area contributed by atoms with Gasteiger partial charge in [0.2, 0.25) is 0 Å². The molecule has 5 rings (SSSR count). The Balaban J connectivity index is 1.29. The molecule has 3 saturated heterocycles. The molecule has 6 heteroatoms. The highest BCUT2D eigenvalue weighted by molar-refractivity contribution is 5.75. The number of carbonyl (C=O) groups excluding carboxylic acids is 1. The van der Waals surface area contributed by atoms with E-state index in [2.05, 4.69) is 11.8 Å². The molecule has 5 aliphatic rings. The van der Waals surface area contributed by atoms with Gasteiger partial charge in [0.1, 0.15) is 6.10 Å². The van der Waals surface area contributed by atoms with E-state index < -0.39 is 0 Å². The van der Waals surface area contributed by atoms with Crippen molar-refractivity contribution in [1.82, 2.24) is 4.90 Å². The maximum atomic E-state index is 12.7. The number of likely N-dealkylation sites (N-methyl/N-ethyl adjacent to an activating group) is 1. The molecule has 6 nitrogen and oxygen atoms in total. The van der Waals surface area contributed by atoms with Crippen LogP contribution in [0.5, 0.6) is 0 Å². The van der Waals surface area contributed by atoms with Crippen molar-refractivity contribution in [3.63, 3.8) is 0 Å². The fourth-order valence-electron chi connectivity index (χ4n) is 6.34. The molecule has 3 heterocycles. The molecule has 6 atom stereocenters. The van der Waals surface area contributed by atoms with Crippen LogP contribution in [0.1, 0.15) is 39.0 Å². The third kappa shape index (κ3) is 2.81. The van der Waals surface area contributed by atoms with E-state index in [-0.39, 0.29) is 35.3 Å². The molecule has 5 fully saturated rings. The summed E-state index contributed by atoms with van der Waals surface area (Å²) in [5.74, 6) is 0.864. The van der Waals surface area contributed by atoms with Crippen LogP contribution in [0.4, 0.5) is 0 Å². The van der Waals surface area contributed by atoms with Crippen LogP contribution < -0.4 is 0 Å². The second-order valence-electron chi connectivity index (χ2n) is 9.49. The quantitative estimate of drug-likeness (QED) is 0.559. The van der Waals surface area contributed by atoms with E-state index in [0.29, 0.717) is 31.6 Å². The molecule has 0 radical (unpaired) electrons. The lowest BCUT2D eigenvalue weighted by Gasteiger charge is -2.51. The van der Waals surface area contributed by atoms with Crippen molar-refractivity contribution in [2.24, 2.45) is 23.2 Å². The Morgan fingerprint density at radius 1 is 1.19 bits per heavy atom. The maximum absolute atomic E-state index is 12.7. The minimum Gasteiger partial charge on any atom is -0.462 e. The van der Waals surface area contributed by atoms with Gasteiger partial charge in [-0.2, -0.15) is 0 Å². The van der Waals surface area contributed by atoms with Crippen LogP contribution in [-0.4, -0.2) is 68.8 Å². The normalized spacial score (nSPS) is 47.9. The van der Waals surface area contributed by atoms with Gasteiger partial charge in [-0.25, -0.2) is 0 Å². The van der Waals surface area contributed by atoms with E-state index in [9.17, 15) is 4.79 Å². The fourth-order valence-corrected chi connectivity index (χ4v) is 6.34. The molecule has 0 N–H and O–H groups in total. The molecule has 2 saturated carbocycles. The van der Waals surface area contributed by atoms with Crippen LogP contribution in [-0.2, 0) is 23.7 Å². The second-order valence-corrected chi connectivity index (χ2v) is 9.49. The van der Waals surface area contributed by atoms with Crippen molar-refractivity contribution >= 4 is 5.97 Å². The Bertz CT molecular complexity index is 573. The number of hydrogen-bond donors (Lipinski definition) is 0. The van der Waals surface area contributed by atoms with Gasteiger partial charge < -0.3 is 23.8 Å². The van der Waals surface area contributed by atoms with E-state index in [0.717, 1.165) is 26.0 Å². The summed E-state index contributed by atoms with van der Waals surface area (Å²) in [5, 5.41) is 0. The Hall–Kier alpha value is -0.690. The van der Waals surface area contributed by atoms with Gasteiger partial charge in [0, 0.05) is 19.0 Å². The first-order valence-corrected chi connectivity index (χ1v) is 10.3. The van der Waals surface area contributed by atoms with Crippen molar-refractivity contribution in [2.45, 2.75) is 57.0 Å². The zero-order valence-corrected chi connectivity index (χ0v) is 15.9. The van der Waals surface area contributed by atoms with Gasteiger partial charge in [-0.1, -0.05) is 6.92 Å². The number of hydrogen-bond acceptors (Lipinski definition) is 6. The molecule has 146 valence electrons. The van der Waals surface area contributed by atoms with E-state index >= 15 is 0 Å². The van der Waals surface area contributed by atoms with E-state index in [1.54, 1.807) is 0 Å². The number of epoxide rings is 1. The predicted octanol–water partition coefficient (Wildman–Crippen LogP) is 1.82. The van der Waals surface area contributed by atoms with Gasteiger partial charge in [0.15, 0.2) is 6.29 Å². The number of fused-ring (bicyclic) bond motifs is 3. The summed E-state index contributed by atoms with van der Waals surface area (Å²) in [5.41, 5.74) is 0.383. The smallest absolute Gasteiger partial charge is 0.310 e. The van der Waals surface area contributed by atoms with Gasteiger partial charge in [-0.05, 0) is 50.5 Å². The first-order valence-electron chi connectivity index (χ1n) is 10.3. The number of carbonyl (C=O) groups is 1. The summed E-state index contributed by atoms with van der Waals surface area (Å²) in [6.07, 6.45) is 5.69. The molecule has 0 aromatic heterocycles. The average molecular weight is 365 g/mol. The molecular weight excluding hydrogens is 334 g/mol. The largest absolute Gasteiger partial charge is 0.462 e. The van der Waals surface area contributed by atoms with Crippen molar-refractivity contribution in [2.75, 3.05) is 40.0 Å². The van der Waals surface area contributed by atoms with Crippen molar-refractivity contribution in [3.8, 4) is 0 Å². The van der Waals surface area contributed by atoms with E-state index in [4.69, 9.17) is 18.9 Å². The van der Waals surface area contributed by atoms with Gasteiger partial charge in [0.05, 0.1) is 31.3 Å². The number of rotatable bonds is 4. The highest BCUT2D eigenvalue weighted by Crippen LogP contribution is 2.62. The lowest BCUT2D eigenvalue weighted by molar-refractivity contribution is -0.147. The molecule has 26 heavy (non-hydrogen) atoms. The summed E-state index contributed by atoms with van der Waals surface area (Å²) in [6.45, 7) is 6.07. The van der Waals surface area contributed by atoms with E-state index in [1.165, 1.54) is 19.3 Å². The second kappa shape index (κ2) is 6.16. The lowest BCUT2D eigenvalue weighted by Crippen LogP contribution is -2.51. The Morgan fingerprint density at radius 2 is 1.96 bits per heavy atom. The lowest BCUT2D eigenvalue weighted by atomic mass is 9.53. The summed E-state index contributed by atoms with van der Waals surface area (Å²) < 4.78 is 23.0. The van der Waals surface area contributed by atoms with Crippen molar-refractivity contribution < 1.29 is 23.7 Å². The molecule has 0 aromatic carbocycles. The summed E-state index contributed by atoms with van der Waals surface area (Å²) in [4.78, 5) is 14.8. The Labute approximate surface area is 155 Å². The third-order valence-corrected chi connectivity index (χ3v) is 7.74. The third-order valence-electron chi connectivity index (χ3n) is 7.74. The van der Waals surface area contributed by atoms with Gasteiger partial charge >= 0.3 is 5.97 Å².